The number of hydrogen-bond acceptors (Lipinski definition) is 5. The minimum Gasteiger partial charge on any atom is -0.450 e. The number of rotatable bonds is 6. The topological polar surface area (TPSA) is 81.4 Å². The molecule has 0 aliphatic carbocycles. The molecule has 94 valence electrons. The van der Waals surface area contributed by atoms with E-state index in [1.54, 1.807) is 6.92 Å². The third-order valence-corrected chi connectivity index (χ3v) is 2.09. The van der Waals surface area contributed by atoms with Gasteiger partial charge in [-0.25, -0.2) is 9.78 Å². The Morgan fingerprint density at radius 1 is 1.71 bits per heavy atom. The molecule has 1 aromatic rings. The molecule has 0 bridgehead atoms. The van der Waals surface area contributed by atoms with Crippen LogP contribution in [0.15, 0.2) is 10.6 Å². The van der Waals surface area contributed by atoms with Gasteiger partial charge in [0.2, 0.25) is 5.89 Å². The van der Waals surface area contributed by atoms with Gasteiger partial charge in [0.15, 0.2) is 12.0 Å². The number of nitrogens with zero attached hydrogens (tertiary/aromatic N) is 1. The summed E-state index contributed by atoms with van der Waals surface area (Å²) in [6, 6.07) is -0.433. The van der Waals surface area contributed by atoms with Gasteiger partial charge in [-0.1, -0.05) is 13.3 Å². The standard InChI is InChI=1S/C11H16N2O4/c1-3-4-5-16-11(15)13-8(2)10-12-6-9(7-14)17-10/h6-8H,3-5H2,1-2H3,(H,13,15). The molecule has 0 fully saturated rings. The van der Waals surface area contributed by atoms with Crippen LogP contribution in [0.2, 0.25) is 0 Å². The average Bonchev–Trinajstić information content (AvgIpc) is 2.78. The number of hydrogen-bond donors (Lipinski definition) is 1. The molecule has 1 heterocycles. The van der Waals surface area contributed by atoms with Crippen LogP contribution in [-0.4, -0.2) is 24.0 Å². The van der Waals surface area contributed by atoms with E-state index in [-0.39, 0.29) is 11.7 Å². The molecule has 1 N–H and O–H groups in total. The van der Waals surface area contributed by atoms with Crippen LogP contribution >= 0.6 is 0 Å². The Kier molecular flexibility index (Phi) is 5.19. The fourth-order valence-corrected chi connectivity index (χ4v) is 1.14. The van der Waals surface area contributed by atoms with E-state index in [4.69, 9.17) is 9.15 Å². The predicted molar refractivity (Wildman–Crippen MR) is 59.7 cm³/mol. The van der Waals surface area contributed by atoms with E-state index >= 15 is 0 Å². The number of carbonyl (C=O) groups excluding carboxylic acids is 2. The van der Waals surface area contributed by atoms with Crippen LogP contribution in [0.25, 0.3) is 0 Å². The molecule has 0 saturated carbocycles. The fraction of sp³-hybridized carbons (Fsp3) is 0.545. The molecule has 17 heavy (non-hydrogen) atoms. The third kappa shape index (κ3) is 4.26. The number of unbranched alkanes of at least 4 members (excludes halogenated alkanes) is 1. The van der Waals surface area contributed by atoms with Gasteiger partial charge in [-0.05, 0) is 13.3 Å². The van der Waals surface area contributed by atoms with Gasteiger partial charge in [0.25, 0.3) is 0 Å². The second-order valence-corrected chi connectivity index (χ2v) is 3.57. The average molecular weight is 240 g/mol. The molecule has 0 aliphatic heterocycles. The molecule has 1 unspecified atom stereocenters. The van der Waals surface area contributed by atoms with Gasteiger partial charge in [0.05, 0.1) is 12.8 Å². The first-order valence-electron chi connectivity index (χ1n) is 5.51. The fourth-order valence-electron chi connectivity index (χ4n) is 1.14. The van der Waals surface area contributed by atoms with Crippen LogP contribution in [0.1, 0.15) is 49.2 Å². The molecular weight excluding hydrogens is 224 g/mol. The van der Waals surface area contributed by atoms with Gasteiger partial charge in [0.1, 0.15) is 6.04 Å². The number of carbonyl (C=O) groups is 2. The van der Waals surface area contributed by atoms with Crippen molar-refractivity contribution in [2.24, 2.45) is 0 Å². The van der Waals surface area contributed by atoms with Crippen molar-refractivity contribution in [3.05, 3.63) is 17.8 Å². The number of amides is 1. The Morgan fingerprint density at radius 2 is 2.47 bits per heavy atom. The van der Waals surface area contributed by atoms with Gasteiger partial charge in [-0.3, -0.25) is 4.79 Å². The summed E-state index contributed by atoms with van der Waals surface area (Å²) in [5, 5.41) is 2.56. The van der Waals surface area contributed by atoms with Gasteiger partial charge < -0.3 is 14.5 Å². The van der Waals surface area contributed by atoms with E-state index < -0.39 is 12.1 Å². The lowest BCUT2D eigenvalue weighted by molar-refractivity contribution is 0.109. The molecular formula is C11H16N2O4. The lowest BCUT2D eigenvalue weighted by Gasteiger charge is -2.10. The van der Waals surface area contributed by atoms with Crippen molar-refractivity contribution in [2.75, 3.05) is 6.61 Å². The first kappa shape index (κ1) is 13.2. The van der Waals surface area contributed by atoms with Gasteiger partial charge in [0, 0.05) is 0 Å². The molecule has 0 spiro atoms. The number of aldehydes is 1. The molecule has 0 aromatic carbocycles. The van der Waals surface area contributed by atoms with Crippen molar-refractivity contribution < 1.29 is 18.7 Å². The summed E-state index contributed by atoms with van der Waals surface area (Å²) >= 11 is 0. The normalized spacial score (nSPS) is 11.9. The highest BCUT2D eigenvalue weighted by molar-refractivity contribution is 5.70. The molecule has 1 aromatic heterocycles. The molecule has 1 atom stereocenters. The summed E-state index contributed by atoms with van der Waals surface area (Å²) in [5.41, 5.74) is 0. The minimum atomic E-state index is -0.517. The van der Waals surface area contributed by atoms with Crippen LogP contribution in [0.3, 0.4) is 0 Å². The summed E-state index contributed by atoms with van der Waals surface area (Å²) in [6.07, 6.45) is 3.14. The number of nitrogens with one attached hydrogen (secondary N) is 1. The Bertz CT molecular complexity index is 375. The highest BCUT2D eigenvalue weighted by atomic mass is 16.5. The summed E-state index contributed by atoms with van der Waals surface area (Å²) in [4.78, 5) is 25.6. The Morgan fingerprint density at radius 3 is 3.06 bits per heavy atom. The zero-order valence-electron chi connectivity index (χ0n) is 9.93. The van der Waals surface area contributed by atoms with Crippen LogP contribution in [0.5, 0.6) is 0 Å². The molecule has 1 rings (SSSR count). The number of oxazole rings is 1. The lowest BCUT2D eigenvalue weighted by atomic mass is 10.3. The van der Waals surface area contributed by atoms with Crippen molar-refractivity contribution in [2.45, 2.75) is 32.7 Å². The molecule has 1 amide bonds. The predicted octanol–water partition coefficient (Wildman–Crippen LogP) is 2.07. The molecule has 6 heteroatoms. The van der Waals surface area contributed by atoms with E-state index in [9.17, 15) is 9.59 Å². The highest BCUT2D eigenvalue weighted by Gasteiger charge is 2.15. The Hall–Kier alpha value is -1.85. The first-order valence-corrected chi connectivity index (χ1v) is 5.51. The van der Waals surface area contributed by atoms with E-state index in [0.717, 1.165) is 12.8 Å². The van der Waals surface area contributed by atoms with Gasteiger partial charge in [-0.15, -0.1) is 0 Å². The molecule has 0 saturated heterocycles. The quantitative estimate of drug-likeness (QED) is 0.608. The smallest absolute Gasteiger partial charge is 0.407 e. The van der Waals surface area contributed by atoms with Crippen LogP contribution < -0.4 is 5.32 Å². The maximum Gasteiger partial charge on any atom is 0.407 e. The molecule has 6 nitrogen and oxygen atoms in total. The number of alkyl carbamates (subject to hydrolysis) is 1. The Labute approximate surface area is 99.4 Å². The van der Waals surface area contributed by atoms with Gasteiger partial charge >= 0.3 is 6.09 Å². The summed E-state index contributed by atoms with van der Waals surface area (Å²) in [7, 11) is 0. The second-order valence-electron chi connectivity index (χ2n) is 3.57. The second kappa shape index (κ2) is 6.67. The van der Waals surface area contributed by atoms with E-state index in [1.165, 1.54) is 6.20 Å². The van der Waals surface area contributed by atoms with Crippen LogP contribution in [0, 0.1) is 0 Å². The van der Waals surface area contributed by atoms with Crippen molar-refractivity contribution in [3.8, 4) is 0 Å². The monoisotopic (exact) mass is 240 g/mol. The maximum absolute atomic E-state index is 11.3. The minimum absolute atomic E-state index is 0.132. The summed E-state index contributed by atoms with van der Waals surface area (Å²) in [6.45, 7) is 4.10. The number of aromatic nitrogens is 1. The number of ether oxygens (including phenoxy) is 1. The molecule has 0 aliphatic rings. The SMILES string of the molecule is CCCCOC(=O)NC(C)c1ncc(C=O)o1. The first-order chi connectivity index (χ1) is 8.17. The van der Waals surface area contributed by atoms with Gasteiger partial charge in [-0.2, -0.15) is 0 Å². The Balaban J connectivity index is 2.40. The largest absolute Gasteiger partial charge is 0.450 e. The van der Waals surface area contributed by atoms with Crippen molar-refractivity contribution in [3.63, 3.8) is 0 Å². The van der Waals surface area contributed by atoms with Crippen LogP contribution in [-0.2, 0) is 4.74 Å². The lowest BCUT2D eigenvalue weighted by Crippen LogP contribution is -2.27. The highest BCUT2D eigenvalue weighted by Crippen LogP contribution is 2.11. The van der Waals surface area contributed by atoms with Crippen molar-refractivity contribution in [1.29, 1.82) is 0 Å². The maximum atomic E-state index is 11.3. The van der Waals surface area contributed by atoms with E-state index in [2.05, 4.69) is 10.3 Å². The third-order valence-electron chi connectivity index (χ3n) is 2.09. The summed E-state index contributed by atoms with van der Waals surface area (Å²) < 4.78 is 9.99. The molecule has 0 radical (unpaired) electrons. The van der Waals surface area contributed by atoms with E-state index in [1.807, 2.05) is 6.92 Å². The summed E-state index contributed by atoms with van der Waals surface area (Å²) in [5.74, 6) is 0.410. The van der Waals surface area contributed by atoms with Crippen molar-refractivity contribution in [1.82, 2.24) is 10.3 Å². The zero-order valence-corrected chi connectivity index (χ0v) is 9.93. The zero-order chi connectivity index (χ0) is 12.7. The van der Waals surface area contributed by atoms with E-state index in [0.29, 0.717) is 12.9 Å². The van der Waals surface area contributed by atoms with Crippen molar-refractivity contribution >= 4 is 12.4 Å². The van der Waals surface area contributed by atoms with Crippen LogP contribution in [0.4, 0.5) is 4.79 Å².